The highest BCUT2D eigenvalue weighted by Crippen LogP contribution is 2.27. The van der Waals surface area contributed by atoms with E-state index in [0.717, 1.165) is 0 Å². The van der Waals surface area contributed by atoms with Gasteiger partial charge in [-0.3, -0.25) is 4.79 Å². The van der Waals surface area contributed by atoms with Crippen LogP contribution >= 0.6 is 23.2 Å². The summed E-state index contributed by atoms with van der Waals surface area (Å²) in [5.74, 6) is 0.696. The van der Waals surface area contributed by atoms with E-state index in [1.807, 2.05) is 0 Å². The zero-order chi connectivity index (χ0) is 15.9. The lowest BCUT2D eigenvalue weighted by atomic mass is 10.2. The molecule has 1 heterocycles. The summed E-state index contributed by atoms with van der Waals surface area (Å²) >= 11 is 11.8. The van der Waals surface area contributed by atoms with Gasteiger partial charge in [-0.1, -0.05) is 23.2 Å². The molecule has 1 unspecified atom stereocenters. The molecular formula is C15H15Cl2NO4. The number of rotatable bonds is 7. The van der Waals surface area contributed by atoms with Crippen molar-refractivity contribution in [3.05, 3.63) is 52.4 Å². The molecule has 0 radical (unpaired) electrons. The molecule has 0 aliphatic heterocycles. The molecule has 2 rings (SSSR count). The Bertz CT molecular complexity index is 616. The summed E-state index contributed by atoms with van der Waals surface area (Å²) < 4.78 is 10.6. The van der Waals surface area contributed by atoms with E-state index in [0.29, 0.717) is 21.6 Å². The van der Waals surface area contributed by atoms with Crippen LogP contribution in [0.15, 0.2) is 41.0 Å². The molecule has 1 amide bonds. The predicted octanol–water partition coefficient (Wildman–Crippen LogP) is 3.21. The summed E-state index contributed by atoms with van der Waals surface area (Å²) in [5, 5.41) is 12.8. The largest absolute Gasteiger partial charge is 0.491 e. The van der Waals surface area contributed by atoms with Gasteiger partial charge in [0.05, 0.1) is 30.9 Å². The first kappa shape index (κ1) is 16.7. The number of nitrogens with one attached hydrogen (secondary N) is 1. The number of aliphatic hydroxyl groups excluding tert-OH is 1. The van der Waals surface area contributed by atoms with Crippen LogP contribution in [0.2, 0.25) is 10.0 Å². The highest BCUT2D eigenvalue weighted by atomic mass is 35.5. The van der Waals surface area contributed by atoms with Crippen LogP contribution < -0.4 is 10.1 Å². The van der Waals surface area contributed by atoms with Gasteiger partial charge in [-0.25, -0.2) is 0 Å². The number of aliphatic hydroxyl groups is 1. The summed E-state index contributed by atoms with van der Waals surface area (Å²) in [7, 11) is 0. The maximum Gasteiger partial charge on any atom is 0.224 e. The van der Waals surface area contributed by atoms with Crippen LogP contribution in [0.5, 0.6) is 5.75 Å². The van der Waals surface area contributed by atoms with Gasteiger partial charge >= 0.3 is 0 Å². The molecule has 1 aromatic heterocycles. The number of benzene rings is 1. The summed E-state index contributed by atoms with van der Waals surface area (Å²) in [4.78, 5) is 11.8. The number of carbonyl (C=O) groups excluding carboxylic acids is 1. The average molecular weight is 344 g/mol. The number of furan rings is 1. The van der Waals surface area contributed by atoms with Crippen molar-refractivity contribution in [3.63, 3.8) is 0 Å². The van der Waals surface area contributed by atoms with Crippen LogP contribution in [-0.4, -0.2) is 24.2 Å². The van der Waals surface area contributed by atoms with Gasteiger partial charge in [0.15, 0.2) is 0 Å². The molecule has 1 atom stereocenters. The maximum absolute atomic E-state index is 11.8. The van der Waals surface area contributed by atoms with Crippen molar-refractivity contribution in [1.82, 2.24) is 5.32 Å². The second-order valence-electron chi connectivity index (χ2n) is 4.49. The summed E-state index contributed by atoms with van der Waals surface area (Å²) in [6.07, 6.45) is 1.60. The first-order valence-corrected chi connectivity index (χ1v) is 7.37. The molecule has 0 fully saturated rings. The van der Waals surface area contributed by atoms with Crippen molar-refractivity contribution >= 4 is 29.1 Å². The molecule has 0 spiro atoms. The van der Waals surface area contributed by atoms with Gasteiger partial charge in [0.25, 0.3) is 0 Å². The number of amides is 1. The number of hydrogen-bond donors (Lipinski definition) is 2. The van der Waals surface area contributed by atoms with Crippen molar-refractivity contribution in [2.45, 2.75) is 12.5 Å². The van der Waals surface area contributed by atoms with Crippen LogP contribution in [0.3, 0.4) is 0 Å². The second kappa shape index (κ2) is 8.08. The number of halogens is 2. The van der Waals surface area contributed by atoms with E-state index in [1.54, 1.807) is 30.3 Å². The third-order valence-corrected chi connectivity index (χ3v) is 3.42. The second-order valence-corrected chi connectivity index (χ2v) is 5.33. The van der Waals surface area contributed by atoms with Crippen LogP contribution in [0.1, 0.15) is 18.2 Å². The quantitative estimate of drug-likeness (QED) is 0.809. The van der Waals surface area contributed by atoms with Crippen molar-refractivity contribution in [2.24, 2.45) is 0 Å². The Labute approximate surface area is 137 Å². The third kappa shape index (κ3) is 4.66. The summed E-state index contributed by atoms with van der Waals surface area (Å²) in [6.45, 7) is -0.0907. The fourth-order valence-electron chi connectivity index (χ4n) is 1.81. The average Bonchev–Trinajstić information content (AvgIpc) is 3.01. The monoisotopic (exact) mass is 343 g/mol. The molecule has 0 saturated carbocycles. The Morgan fingerprint density at radius 3 is 2.82 bits per heavy atom. The van der Waals surface area contributed by atoms with E-state index < -0.39 is 6.04 Å². The fourth-order valence-corrected chi connectivity index (χ4v) is 2.27. The van der Waals surface area contributed by atoms with E-state index >= 15 is 0 Å². The Morgan fingerprint density at radius 2 is 2.18 bits per heavy atom. The first-order valence-electron chi connectivity index (χ1n) is 6.61. The molecule has 5 nitrogen and oxygen atoms in total. The van der Waals surface area contributed by atoms with Gasteiger partial charge in [0.2, 0.25) is 5.91 Å². The zero-order valence-corrected chi connectivity index (χ0v) is 13.1. The van der Waals surface area contributed by atoms with Gasteiger partial charge < -0.3 is 19.6 Å². The zero-order valence-electron chi connectivity index (χ0n) is 11.6. The van der Waals surface area contributed by atoms with E-state index in [4.69, 9.17) is 32.4 Å². The van der Waals surface area contributed by atoms with Crippen molar-refractivity contribution in [1.29, 1.82) is 0 Å². The van der Waals surface area contributed by atoms with Crippen LogP contribution in [0.25, 0.3) is 0 Å². The van der Waals surface area contributed by atoms with Gasteiger partial charge in [0, 0.05) is 5.02 Å². The molecule has 1 aromatic carbocycles. The number of ether oxygens (including phenoxy) is 1. The molecule has 118 valence electrons. The highest BCUT2D eigenvalue weighted by Gasteiger charge is 2.16. The minimum atomic E-state index is -0.568. The van der Waals surface area contributed by atoms with Crippen molar-refractivity contribution < 1.29 is 19.1 Å². The Hall–Kier alpha value is -1.69. The Morgan fingerprint density at radius 1 is 1.36 bits per heavy atom. The topological polar surface area (TPSA) is 71.7 Å². The molecule has 0 bridgehead atoms. The highest BCUT2D eigenvalue weighted by molar-refractivity contribution is 6.35. The van der Waals surface area contributed by atoms with Crippen molar-refractivity contribution in [2.75, 3.05) is 13.2 Å². The molecule has 0 aliphatic carbocycles. The smallest absolute Gasteiger partial charge is 0.224 e. The molecular weight excluding hydrogens is 329 g/mol. The van der Waals surface area contributed by atoms with E-state index in [-0.39, 0.29) is 25.5 Å². The standard InChI is InChI=1S/C15H15Cl2NO4/c16-10-3-4-13(11(17)8-10)22-7-5-15(20)18-12(9-19)14-2-1-6-21-14/h1-4,6,8,12,19H,5,7,9H2,(H,18,20). The molecule has 2 N–H and O–H groups in total. The van der Waals surface area contributed by atoms with E-state index in [9.17, 15) is 9.90 Å². The lowest BCUT2D eigenvalue weighted by molar-refractivity contribution is -0.122. The minimum Gasteiger partial charge on any atom is -0.491 e. The van der Waals surface area contributed by atoms with Crippen LogP contribution in [-0.2, 0) is 4.79 Å². The normalized spacial score (nSPS) is 12.0. The summed E-state index contributed by atoms with van der Waals surface area (Å²) in [6, 6.07) is 7.67. The fraction of sp³-hybridized carbons (Fsp3) is 0.267. The number of carbonyl (C=O) groups is 1. The van der Waals surface area contributed by atoms with Crippen LogP contribution in [0, 0.1) is 0 Å². The third-order valence-electron chi connectivity index (χ3n) is 2.89. The van der Waals surface area contributed by atoms with Gasteiger partial charge in [0.1, 0.15) is 17.6 Å². The minimum absolute atomic E-state index is 0.121. The Balaban J connectivity index is 1.80. The lowest BCUT2D eigenvalue weighted by Crippen LogP contribution is -2.31. The molecule has 0 aliphatic rings. The first-order chi connectivity index (χ1) is 10.6. The van der Waals surface area contributed by atoms with Crippen molar-refractivity contribution in [3.8, 4) is 5.75 Å². The van der Waals surface area contributed by atoms with Gasteiger partial charge in [-0.2, -0.15) is 0 Å². The lowest BCUT2D eigenvalue weighted by Gasteiger charge is -2.14. The Kier molecular flexibility index (Phi) is 6.12. The van der Waals surface area contributed by atoms with Gasteiger partial charge in [-0.15, -0.1) is 0 Å². The maximum atomic E-state index is 11.8. The van der Waals surface area contributed by atoms with Gasteiger partial charge in [-0.05, 0) is 30.3 Å². The molecule has 22 heavy (non-hydrogen) atoms. The SMILES string of the molecule is O=C(CCOc1ccc(Cl)cc1Cl)NC(CO)c1ccco1. The molecule has 7 heteroatoms. The summed E-state index contributed by atoms with van der Waals surface area (Å²) in [5.41, 5.74) is 0. The number of hydrogen-bond acceptors (Lipinski definition) is 4. The van der Waals surface area contributed by atoms with E-state index in [2.05, 4.69) is 5.32 Å². The predicted molar refractivity (Wildman–Crippen MR) is 83.3 cm³/mol. The molecule has 0 saturated heterocycles. The van der Waals surface area contributed by atoms with Crippen LogP contribution in [0.4, 0.5) is 0 Å². The van der Waals surface area contributed by atoms with E-state index in [1.165, 1.54) is 6.26 Å². The molecule has 2 aromatic rings.